The third-order valence-electron chi connectivity index (χ3n) is 2.86. The number of sulfonamides is 1. The molecule has 0 bridgehead atoms. The van der Waals surface area contributed by atoms with Crippen molar-refractivity contribution in [2.24, 2.45) is 0 Å². The largest absolute Gasteiger partial charge is 0.324 e. The molecule has 2 heterocycles. The van der Waals surface area contributed by atoms with Crippen LogP contribution in [0.5, 0.6) is 0 Å². The van der Waals surface area contributed by atoms with E-state index in [9.17, 15) is 18.0 Å². The van der Waals surface area contributed by atoms with Crippen molar-refractivity contribution in [2.45, 2.75) is 4.34 Å². The molecule has 0 radical (unpaired) electrons. The Morgan fingerprint density at radius 1 is 1.27 bits per heavy atom. The minimum Gasteiger partial charge on any atom is -0.324 e. The number of hydrogen-bond acceptors (Lipinski definition) is 9. The number of likely N-dealkylation sites (N-methyl/N-ethyl adjacent to an activating group) is 1. The van der Waals surface area contributed by atoms with Gasteiger partial charge in [0, 0.05) is 13.2 Å². The second-order valence-corrected chi connectivity index (χ2v) is 9.31. The fourth-order valence-corrected chi connectivity index (χ4v) is 3.48. The Kier molecular flexibility index (Phi) is 7.02. The van der Waals surface area contributed by atoms with Crippen LogP contribution in [-0.4, -0.2) is 65.3 Å². The van der Waals surface area contributed by atoms with Gasteiger partial charge in [-0.05, 0) is 12.1 Å². The highest BCUT2D eigenvalue weighted by Gasteiger charge is 2.16. The van der Waals surface area contributed by atoms with Crippen LogP contribution in [0.25, 0.3) is 0 Å². The Balaban J connectivity index is 1.80. The predicted molar refractivity (Wildman–Crippen MR) is 99.6 cm³/mol. The van der Waals surface area contributed by atoms with Crippen molar-refractivity contribution in [3.05, 3.63) is 24.5 Å². The topological polar surface area (TPSA) is 134 Å². The fraction of sp³-hybridized carbons (Fsp3) is 0.308. The summed E-state index contributed by atoms with van der Waals surface area (Å²) in [6.07, 6.45) is 4.15. The number of carbonyl (C=O) groups is 2. The minimum atomic E-state index is -3.44. The highest BCUT2D eigenvalue weighted by molar-refractivity contribution is 8.01. The van der Waals surface area contributed by atoms with E-state index in [4.69, 9.17) is 0 Å². The smallest absolute Gasteiger partial charge is 0.241 e. The van der Waals surface area contributed by atoms with Gasteiger partial charge in [-0.15, -0.1) is 10.2 Å². The second kappa shape index (κ2) is 9.02. The SMILES string of the molecule is CN(CC(=O)Nc1nnc(SCC(=O)Nc2cccnc2)s1)S(C)(=O)=O. The lowest BCUT2D eigenvalue weighted by molar-refractivity contribution is -0.116. The van der Waals surface area contributed by atoms with Crippen LogP contribution in [0.1, 0.15) is 0 Å². The van der Waals surface area contributed by atoms with Crippen molar-refractivity contribution < 1.29 is 18.0 Å². The number of rotatable bonds is 8. The Morgan fingerprint density at radius 3 is 2.69 bits per heavy atom. The number of anilines is 2. The zero-order valence-electron chi connectivity index (χ0n) is 13.9. The molecule has 0 atom stereocenters. The Labute approximate surface area is 158 Å². The molecule has 0 saturated heterocycles. The maximum Gasteiger partial charge on any atom is 0.241 e. The first-order valence-electron chi connectivity index (χ1n) is 7.11. The highest BCUT2D eigenvalue weighted by atomic mass is 32.2. The maximum atomic E-state index is 11.9. The summed E-state index contributed by atoms with van der Waals surface area (Å²) < 4.78 is 24.0. The van der Waals surface area contributed by atoms with E-state index in [0.29, 0.717) is 10.0 Å². The average Bonchev–Trinajstić information content (AvgIpc) is 3.00. The van der Waals surface area contributed by atoms with E-state index in [-0.39, 0.29) is 23.3 Å². The molecule has 0 fully saturated rings. The van der Waals surface area contributed by atoms with Gasteiger partial charge in [0.2, 0.25) is 27.0 Å². The third-order valence-corrected chi connectivity index (χ3v) is 6.09. The Bertz CT molecular complexity index is 871. The molecule has 13 heteroatoms. The van der Waals surface area contributed by atoms with E-state index in [1.165, 1.54) is 25.0 Å². The first-order chi connectivity index (χ1) is 12.2. The van der Waals surface area contributed by atoms with Crippen LogP contribution >= 0.6 is 23.1 Å². The van der Waals surface area contributed by atoms with Crippen LogP contribution in [0.4, 0.5) is 10.8 Å². The number of nitrogens with zero attached hydrogens (tertiary/aromatic N) is 4. The van der Waals surface area contributed by atoms with E-state index in [2.05, 4.69) is 25.8 Å². The quantitative estimate of drug-likeness (QED) is 0.469. The molecule has 0 saturated carbocycles. The van der Waals surface area contributed by atoms with Crippen LogP contribution in [-0.2, 0) is 19.6 Å². The van der Waals surface area contributed by atoms with Gasteiger partial charge in [0.05, 0.1) is 30.4 Å². The van der Waals surface area contributed by atoms with Gasteiger partial charge in [0.15, 0.2) is 4.34 Å². The normalized spacial score (nSPS) is 11.3. The van der Waals surface area contributed by atoms with Crippen molar-refractivity contribution in [1.82, 2.24) is 19.5 Å². The number of carbonyl (C=O) groups excluding carboxylic acids is 2. The molecule has 0 unspecified atom stereocenters. The van der Waals surface area contributed by atoms with E-state index in [1.54, 1.807) is 18.3 Å². The number of pyridine rings is 1. The van der Waals surface area contributed by atoms with Crippen LogP contribution in [0.3, 0.4) is 0 Å². The van der Waals surface area contributed by atoms with Crippen LogP contribution in [0.15, 0.2) is 28.9 Å². The number of amides is 2. The summed E-state index contributed by atoms with van der Waals surface area (Å²) in [6, 6.07) is 3.44. The predicted octanol–water partition coefficient (Wildman–Crippen LogP) is 0.494. The van der Waals surface area contributed by atoms with E-state index < -0.39 is 15.9 Å². The number of nitrogens with one attached hydrogen (secondary N) is 2. The lowest BCUT2D eigenvalue weighted by Gasteiger charge is -2.12. The molecule has 0 spiro atoms. The molecule has 0 aliphatic rings. The summed E-state index contributed by atoms with van der Waals surface area (Å²) >= 11 is 2.26. The van der Waals surface area contributed by atoms with Gasteiger partial charge < -0.3 is 5.32 Å². The van der Waals surface area contributed by atoms with Gasteiger partial charge in [-0.25, -0.2) is 8.42 Å². The zero-order chi connectivity index (χ0) is 19.2. The van der Waals surface area contributed by atoms with E-state index >= 15 is 0 Å². The van der Waals surface area contributed by atoms with Crippen molar-refractivity contribution in [3.63, 3.8) is 0 Å². The number of thioether (sulfide) groups is 1. The molecule has 0 aliphatic carbocycles. The van der Waals surface area contributed by atoms with Crippen molar-refractivity contribution in [3.8, 4) is 0 Å². The Hall–Kier alpha value is -2.09. The maximum absolute atomic E-state index is 11.9. The third kappa shape index (κ3) is 6.67. The highest BCUT2D eigenvalue weighted by Crippen LogP contribution is 2.25. The lowest BCUT2D eigenvalue weighted by atomic mass is 10.4. The summed E-state index contributed by atoms with van der Waals surface area (Å²) in [5.74, 6) is -0.632. The van der Waals surface area contributed by atoms with E-state index in [0.717, 1.165) is 21.9 Å². The number of aromatic nitrogens is 3. The monoisotopic (exact) mass is 416 g/mol. The fourth-order valence-electron chi connectivity index (χ4n) is 1.56. The molecule has 2 aromatic rings. The van der Waals surface area contributed by atoms with Crippen molar-refractivity contribution in [2.75, 3.05) is 36.2 Å². The van der Waals surface area contributed by atoms with E-state index in [1.807, 2.05) is 0 Å². The standard InChI is InChI=1S/C13H16N6O4S3/c1-19(26(2,22)23)7-10(20)16-12-17-18-13(25-12)24-8-11(21)15-9-4-3-5-14-6-9/h3-6H,7-8H2,1-2H3,(H,15,21)(H,16,17,20). The zero-order valence-corrected chi connectivity index (χ0v) is 16.3. The van der Waals surface area contributed by atoms with Gasteiger partial charge in [-0.3, -0.25) is 19.9 Å². The van der Waals surface area contributed by atoms with Crippen molar-refractivity contribution in [1.29, 1.82) is 0 Å². The molecule has 140 valence electrons. The molecular formula is C13H16N6O4S3. The van der Waals surface area contributed by atoms with Gasteiger partial charge in [-0.2, -0.15) is 4.31 Å². The lowest BCUT2D eigenvalue weighted by Crippen LogP contribution is -2.34. The van der Waals surface area contributed by atoms with Crippen LogP contribution in [0, 0.1) is 0 Å². The molecule has 2 N–H and O–H groups in total. The molecule has 2 aromatic heterocycles. The molecule has 0 aliphatic heterocycles. The first kappa shape index (κ1) is 20.2. The minimum absolute atomic E-state index is 0.119. The number of hydrogen-bond donors (Lipinski definition) is 2. The molecule has 2 amide bonds. The van der Waals surface area contributed by atoms with Gasteiger partial charge in [0.25, 0.3) is 0 Å². The summed E-state index contributed by atoms with van der Waals surface area (Å²) in [5.41, 5.74) is 0.596. The van der Waals surface area contributed by atoms with Crippen molar-refractivity contribution >= 4 is 55.8 Å². The molecule has 10 nitrogen and oxygen atoms in total. The first-order valence-corrected chi connectivity index (χ1v) is 10.8. The van der Waals surface area contributed by atoms with Crippen LogP contribution < -0.4 is 10.6 Å². The molecular weight excluding hydrogens is 400 g/mol. The van der Waals surface area contributed by atoms with Gasteiger partial charge in [-0.1, -0.05) is 23.1 Å². The van der Waals surface area contributed by atoms with Gasteiger partial charge in [0.1, 0.15) is 0 Å². The second-order valence-electron chi connectivity index (χ2n) is 5.02. The molecule has 2 rings (SSSR count). The summed E-state index contributed by atoms with van der Waals surface area (Å²) in [7, 11) is -2.14. The van der Waals surface area contributed by atoms with Crippen LogP contribution in [0.2, 0.25) is 0 Å². The average molecular weight is 417 g/mol. The molecule has 26 heavy (non-hydrogen) atoms. The summed E-state index contributed by atoms with van der Waals surface area (Å²) in [4.78, 5) is 27.5. The molecule has 0 aromatic carbocycles. The van der Waals surface area contributed by atoms with Gasteiger partial charge >= 0.3 is 0 Å². The summed E-state index contributed by atoms with van der Waals surface area (Å²) in [6.45, 7) is -0.325. The summed E-state index contributed by atoms with van der Waals surface area (Å²) in [5, 5.41) is 13.1. The Morgan fingerprint density at radius 2 is 2.04 bits per heavy atom.